The second-order valence-corrected chi connectivity index (χ2v) is 8.88. The van der Waals surface area contributed by atoms with Crippen LogP contribution in [-0.4, -0.2) is 43.7 Å². The number of rotatable bonds is 4. The molecular weight excluding hydrogens is 414 g/mol. The Kier molecular flexibility index (Phi) is 5.29. The van der Waals surface area contributed by atoms with E-state index in [0.29, 0.717) is 36.0 Å². The SMILES string of the molecule is C[C@H]1CN(c2nc3ccccc3nc2NS(=O)(=O)c2cc(F)ccc2F)C[C@H](C)O1. The lowest BCUT2D eigenvalue weighted by atomic mass is 10.2. The quantitative estimate of drug-likeness (QED) is 0.678. The Morgan fingerprint density at radius 1 is 1.03 bits per heavy atom. The van der Waals surface area contributed by atoms with Crippen LogP contribution in [0.1, 0.15) is 13.8 Å². The Hall–Kier alpha value is -2.85. The van der Waals surface area contributed by atoms with Crippen LogP contribution in [-0.2, 0) is 14.8 Å². The molecule has 4 rings (SSSR count). The van der Waals surface area contributed by atoms with Crippen molar-refractivity contribution < 1.29 is 21.9 Å². The zero-order valence-corrected chi connectivity index (χ0v) is 17.2. The molecule has 30 heavy (non-hydrogen) atoms. The van der Waals surface area contributed by atoms with Gasteiger partial charge >= 0.3 is 0 Å². The molecule has 1 saturated heterocycles. The lowest BCUT2D eigenvalue weighted by molar-refractivity contribution is -0.00540. The van der Waals surface area contributed by atoms with E-state index < -0.39 is 26.6 Å². The minimum atomic E-state index is -4.45. The van der Waals surface area contributed by atoms with Gasteiger partial charge in [0.05, 0.1) is 23.2 Å². The fourth-order valence-corrected chi connectivity index (χ4v) is 4.59. The van der Waals surface area contributed by atoms with Gasteiger partial charge in [-0.25, -0.2) is 27.2 Å². The molecule has 1 fully saturated rings. The summed E-state index contributed by atoms with van der Waals surface area (Å²) in [5.41, 5.74) is 1.05. The van der Waals surface area contributed by atoms with Gasteiger partial charge in [-0.05, 0) is 44.2 Å². The van der Waals surface area contributed by atoms with Crippen LogP contribution in [0.3, 0.4) is 0 Å². The fraction of sp³-hybridized carbons (Fsp3) is 0.300. The minimum Gasteiger partial charge on any atom is -0.372 e. The summed E-state index contributed by atoms with van der Waals surface area (Å²) in [6.45, 7) is 4.76. The maximum absolute atomic E-state index is 14.1. The predicted molar refractivity (Wildman–Crippen MR) is 109 cm³/mol. The third-order valence-electron chi connectivity index (χ3n) is 4.69. The number of hydrogen-bond acceptors (Lipinski definition) is 6. The molecule has 1 N–H and O–H groups in total. The second-order valence-electron chi connectivity index (χ2n) is 7.23. The minimum absolute atomic E-state index is 0.0568. The van der Waals surface area contributed by atoms with Crippen molar-refractivity contribution in [2.75, 3.05) is 22.7 Å². The van der Waals surface area contributed by atoms with Crippen molar-refractivity contribution >= 4 is 32.7 Å². The summed E-state index contributed by atoms with van der Waals surface area (Å²) in [6, 6.07) is 9.26. The Balaban J connectivity index is 1.81. The van der Waals surface area contributed by atoms with Gasteiger partial charge in [0.1, 0.15) is 16.5 Å². The Morgan fingerprint density at radius 3 is 2.33 bits per heavy atom. The first-order chi connectivity index (χ1) is 14.2. The molecule has 10 heteroatoms. The van der Waals surface area contributed by atoms with Gasteiger partial charge in [0.15, 0.2) is 11.6 Å². The van der Waals surface area contributed by atoms with Gasteiger partial charge in [-0.3, -0.25) is 4.72 Å². The predicted octanol–water partition coefficient (Wildman–Crippen LogP) is 3.32. The van der Waals surface area contributed by atoms with Crippen molar-refractivity contribution in [3.63, 3.8) is 0 Å². The number of nitrogens with one attached hydrogen (secondary N) is 1. The Morgan fingerprint density at radius 2 is 1.67 bits per heavy atom. The molecule has 0 radical (unpaired) electrons. The summed E-state index contributed by atoms with van der Waals surface area (Å²) in [7, 11) is -4.45. The molecule has 0 saturated carbocycles. The van der Waals surface area contributed by atoms with Crippen LogP contribution in [0.4, 0.5) is 20.4 Å². The first-order valence-electron chi connectivity index (χ1n) is 9.38. The molecule has 3 aromatic rings. The summed E-state index contributed by atoms with van der Waals surface area (Å²) in [5.74, 6) is -1.68. The number of sulfonamides is 1. The van der Waals surface area contributed by atoms with E-state index in [2.05, 4.69) is 14.7 Å². The van der Waals surface area contributed by atoms with Crippen molar-refractivity contribution in [2.45, 2.75) is 31.0 Å². The van der Waals surface area contributed by atoms with Crippen molar-refractivity contribution in [3.8, 4) is 0 Å². The number of para-hydroxylation sites is 2. The van der Waals surface area contributed by atoms with Crippen molar-refractivity contribution in [2.24, 2.45) is 0 Å². The van der Waals surface area contributed by atoms with Crippen LogP contribution in [0.5, 0.6) is 0 Å². The molecule has 2 heterocycles. The van der Waals surface area contributed by atoms with Crippen LogP contribution >= 0.6 is 0 Å². The summed E-state index contributed by atoms with van der Waals surface area (Å²) < 4.78 is 61.4. The van der Waals surface area contributed by atoms with Crippen LogP contribution in [0.15, 0.2) is 47.4 Å². The number of aromatic nitrogens is 2. The van der Waals surface area contributed by atoms with E-state index in [4.69, 9.17) is 4.74 Å². The van der Waals surface area contributed by atoms with E-state index in [0.717, 1.165) is 12.1 Å². The molecule has 158 valence electrons. The molecule has 0 spiro atoms. The van der Waals surface area contributed by atoms with Crippen LogP contribution < -0.4 is 9.62 Å². The Labute approximate surface area is 172 Å². The first kappa shape index (κ1) is 20.4. The third-order valence-corrected chi connectivity index (χ3v) is 6.04. The molecule has 0 bridgehead atoms. The largest absolute Gasteiger partial charge is 0.372 e. The van der Waals surface area contributed by atoms with Gasteiger partial charge in [-0.15, -0.1) is 0 Å². The first-order valence-corrected chi connectivity index (χ1v) is 10.9. The highest BCUT2D eigenvalue weighted by atomic mass is 32.2. The second kappa shape index (κ2) is 7.77. The van der Waals surface area contributed by atoms with E-state index in [-0.39, 0.29) is 18.0 Å². The zero-order chi connectivity index (χ0) is 21.5. The van der Waals surface area contributed by atoms with E-state index in [9.17, 15) is 17.2 Å². The number of hydrogen-bond donors (Lipinski definition) is 1. The average molecular weight is 434 g/mol. The highest BCUT2D eigenvalue weighted by molar-refractivity contribution is 7.92. The van der Waals surface area contributed by atoms with E-state index in [1.807, 2.05) is 18.7 Å². The van der Waals surface area contributed by atoms with Gasteiger partial charge in [0.25, 0.3) is 10.0 Å². The number of anilines is 2. The third kappa shape index (κ3) is 4.05. The molecule has 0 aliphatic carbocycles. The Bertz CT molecular complexity index is 1200. The lowest BCUT2D eigenvalue weighted by Crippen LogP contribution is -2.46. The highest BCUT2D eigenvalue weighted by Gasteiger charge is 2.29. The molecule has 0 amide bonds. The standard InChI is InChI=1S/C20H20F2N4O3S/c1-12-10-26(11-13(2)29-12)20-19(23-16-5-3-4-6-17(16)24-20)25-30(27,28)18-9-14(21)7-8-15(18)22/h3-9,12-13H,10-11H2,1-2H3,(H,23,25)/t12-,13-/m0/s1. The van der Waals surface area contributed by atoms with Gasteiger partial charge in [0.2, 0.25) is 0 Å². The van der Waals surface area contributed by atoms with E-state index >= 15 is 0 Å². The van der Waals surface area contributed by atoms with Gasteiger partial charge in [-0.2, -0.15) is 0 Å². The van der Waals surface area contributed by atoms with Gasteiger partial charge in [0, 0.05) is 13.1 Å². The zero-order valence-electron chi connectivity index (χ0n) is 16.3. The highest BCUT2D eigenvalue weighted by Crippen LogP contribution is 2.30. The molecular formula is C20H20F2N4O3S. The molecule has 2 aromatic carbocycles. The normalized spacial score (nSPS) is 19.8. The van der Waals surface area contributed by atoms with Crippen molar-refractivity contribution in [1.82, 2.24) is 9.97 Å². The van der Waals surface area contributed by atoms with Crippen LogP contribution in [0.25, 0.3) is 11.0 Å². The smallest absolute Gasteiger partial charge is 0.266 e. The molecule has 0 unspecified atom stereocenters. The molecule has 2 atom stereocenters. The number of ether oxygens (including phenoxy) is 1. The lowest BCUT2D eigenvalue weighted by Gasteiger charge is -2.36. The number of fused-ring (bicyclic) bond motifs is 1. The van der Waals surface area contributed by atoms with E-state index in [1.54, 1.807) is 24.3 Å². The van der Waals surface area contributed by atoms with Crippen LogP contribution in [0.2, 0.25) is 0 Å². The summed E-state index contributed by atoms with van der Waals surface area (Å²) in [4.78, 5) is 10.1. The van der Waals surface area contributed by atoms with Gasteiger partial charge < -0.3 is 9.64 Å². The monoisotopic (exact) mass is 434 g/mol. The number of benzene rings is 2. The van der Waals surface area contributed by atoms with Gasteiger partial charge in [-0.1, -0.05) is 12.1 Å². The number of nitrogens with zero attached hydrogens (tertiary/aromatic N) is 3. The maximum atomic E-state index is 14.1. The van der Waals surface area contributed by atoms with Crippen molar-refractivity contribution in [1.29, 1.82) is 0 Å². The molecule has 7 nitrogen and oxygen atoms in total. The topological polar surface area (TPSA) is 84.4 Å². The fourth-order valence-electron chi connectivity index (χ4n) is 3.50. The van der Waals surface area contributed by atoms with Crippen LogP contribution in [0, 0.1) is 11.6 Å². The summed E-state index contributed by atoms with van der Waals surface area (Å²) in [6.07, 6.45) is -0.209. The summed E-state index contributed by atoms with van der Waals surface area (Å²) in [5, 5.41) is 0. The molecule has 1 aromatic heterocycles. The average Bonchev–Trinajstić information content (AvgIpc) is 2.68. The number of halogens is 2. The summed E-state index contributed by atoms with van der Waals surface area (Å²) >= 11 is 0. The molecule has 1 aliphatic heterocycles. The van der Waals surface area contributed by atoms with Crippen molar-refractivity contribution in [3.05, 3.63) is 54.1 Å². The number of morpholine rings is 1. The molecule has 1 aliphatic rings. The van der Waals surface area contributed by atoms with E-state index in [1.165, 1.54) is 0 Å². The maximum Gasteiger partial charge on any atom is 0.266 e.